The van der Waals surface area contributed by atoms with Gasteiger partial charge in [0, 0.05) is 5.56 Å². The number of amides is 4. The maximum Gasteiger partial charge on any atom is 0.325 e. The monoisotopic (exact) mass is 750 g/mol. The summed E-state index contributed by atoms with van der Waals surface area (Å²) < 4.78 is 20.9. The summed E-state index contributed by atoms with van der Waals surface area (Å²) in [5.41, 5.74) is 1.43. The molecule has 0 aliphatic rings. The van der Waals surface area contributed by atoms with E-state index in [1.165, 1.54) is 31.4 Å². The maximum atomic E-state index is 13.5. The van der Waals surface area contributed by atoms with Crippen LogP contribution >= 0.6 is 0 Å². The van der Waals surface area contributed by atoms with Crippen LogP contribution in [0.15, 0.2) is 65.1 Å². The Kier molecular flexibility index (Phi) is 17.7. The molecular formula is C39H50N4O11. The number of hydrogen-bond acceptors (Lipinski definition) is 11. The second-order valence-corrected chi connectivity index (χ2v) is 12.1. The Balaban J connectivity index is 1.70. The van der Waals surface area contributed by atoms with Gasteiger partial charge in [-0.25, -0.2) is 5.06 Å². The number of hydroxylamine groups is 2. The molecule has 2 N–H and O–H groups in total. The predicted molar refractivity (Wildman–Crippen MR) is 197 cm³/mol. The molecule has 15 heteroatoms. The van der Waals surface area contributed by atoms with E-state index in [-0.39, 0.29) is 48.6 Å². The van der Waals surface area contributed by atoms with E-state index in [0.717, 1.165) is 29.7 Å². The van der Waals surface area contributed by atoms with Gasteiger partial charge < -0.3 is 34.2 Å². The number of esters is 2. The van der Waals surface area contributed by atoms with Crippen LogP contribution in [-0.4, -0.2) is 92.7 Å². The molecule has 1 aromatic heterocycles. The molecule has 0 saturated carbocycles. The number of ether oxygens (including phenoxy) is 3. The number of hydrogen-bond donors (Lipinski definition) is 2. The molecule has 0 spiro atoms. The van der Waals surface area contributed by atoms with Crippen molar-refractivity contribution in [3.8, 4) is 17.1 Å². The SMILES string of the molecule is CCCCCC(C(=O)NCNC(=O)c1ccc(-c2ccc(C(=O)N(CC(=O)OC)CC(=O)OC)c(OCC)c2)o1)C(CC)N(C=O)OCc1ccccc1. The number of carbonyl (C=O) groups excluding carboxylic acids is 6. The molecule has 292 valence electrons. The number of methoxy groups -OCH3 is 2. The molecule has 0 aliphatic heterocycles. The van der Waals surface area contributed by atoms with Crippen LogP contribution in [0.4, 0.5) is 0 Å². The van der Waals surface area contributed by atoms with Gasteiger partial charge >= 0.3 is 11.9 Å². The van der Waals surface area contributed by atoms with Crippen LogP contribution in [0.2, 0.25) is 0 Å². The fourth-order valence-corrected chi connectivity index (χ4v) is 5.66. The van der Waals surface area contributed by atoms with E-state index in [0.29, 0.717) is 24.8 Å². The molecule has 15 nitrogen and oxygen atoms in total. The lowest BCUT2D eigenvalue weighted by Crippen LogP contribution is -2.48. The van der Waals surface area contributed by atoms with Crippen molar-refractivity contribution >= 4 is 36.1 Å². The minimum Gasteiger partial charge on any atom is -0.493 e. The van der Waals surface area contributed by atoms with Crippen LogP contribution in [0.5, 0.6) is 5.75 Å². The van der Waals surface area contributed by atoms with Crippen molar-refractivity contribution in [1.82, 2.24) is 20.6 Å². The highest BCUT2D eigenvalue weighted by Crippen LogP contribution is 2.30. The molecule has 54 heavy (non-hydrogen) atoms. The molecule has 3 aromatic rings. The fourth-order valence-electron chi connectivity index (χ4n) is 5.66. The summed E-state index contributed by atoms with van der Waals surface area (Å²) in [6.07, 6.45) is 4.24. The van der Waals surface area contributed by atoms with E-state index < -0.39 is 48.8 Å². The summed E-state index contributed by atoms with van der Waals surface area (Å²) >= 11 is 0. The van der Waals surface area contributed by atoms with Gasteiger partial charge in [-0.05, 0) is 49.6 Å². The number of carbonyl (C=O) groups is 6. The van der Waals surface area contributed by atoms with Crippen molar-refractivity contribution in [1.29, 1.82) is 0 Å². The molecule has 2 aromatic carbocycles. The van der Waals surface area contributed by atoms with E-state index in [2.05, 4.69) is 27.0 Å². The summed E-state index contributed by atoms with van der Waals surface area (Å²) in [5, 5.41) is 6.63. The third-order valence-corrected chi connectivity index (χ3v) is 8.51. The molecule has 1 heterocycles. The van der Waals surface area contributed by atoms with Gasteiger partial charge in [0.1, 0.15) is 31.2 Å². The molecule has 4 amide bonds. The zero-order chi connectivity index (χ0) is 39.5. The Morgan fingerprint density at radius 3 is 2.19 bits per heavy atom. The number of rotatable bonds is 23. The van der Waals surface area contributed by atoms with E-state index in [1.807, 2.05) is 37.3 Å². The number of benzene rings is 2. The Labute approximate surface area is 315 Å². The third kappa shape index (κ3) is 12.5. The molecule has 0 saturated heterocycles. The van der Waals surface area contributed by atoms with Crippen LogP contribution in [0.3, 0.4) is 0 Å². The zero-order valence-corrected chi connectivity index (χ0v) is 31.5. The standard InChI is InChI=1S/C39H50N4O11/c1-6-9-11-16-29(31(7-2)43(26-44)53-24-27-14-12-10-13-15-27)37(47)40-25-41-38(48)33-20-19-32(54-33)28-17-18-30(34(21-28)52-8-3)39(49)42(22-35(45)50-4)23-36(46)51-5/h10,12-15,17-21,26,29,31H,6-9,11,16,22-25H2,1-5H3,(H,40,47)(H,41,48). The second kappa shape index (κ2) is 22.4. The highest BCUT2D eigenvalue weighted by Gasteiger charge is 2.32. The number of furan rings is 1. The Bertz CT molecular complexity index is 1680. The Hall–Kier alpha value is -5.70. The second-order valence-electron chi connectivity index (χ2n) is 12.1. The minimum absolute atomic E-state index is 0.0351. The van der Waals surface area contributed by atoms with Gasteiger partial charge in [-0.2, -0.15) is 0 Å². The summed E-state index contributed by atoms with van der Waals surface area (Å²) in [6.45, 7) is 4.86. The van der Waals surface area contributed by atoms with Gasteiger partial charge in [-0.3, -0.25) is 33.6 Å². The molecule has 0 bridgehead atoms. The van der Waals surface area contributed by atoms with Crippen molar-refractivity contribution in [3.05, 3.63) is 77.6 Å². The van der Waals surface area contributed by atoms with Gasteiger partial charge in [-0.1, -0.05) is 69.5 Å². The van der Waals surface area contributed by atoms with E-state index >= 15 is 0 Å². The summed E-state index contributed by atoms with van der Waals surface area (Å²) in [7, 11) is 2.33. The Morgan fingerprint density at radius 1 is 0.870 bits per heavy atom. The van der Waals surface area contributed by atoms with Crippen LogP contribution in [0, 0.1) is 5.92 Å². The van der Waals surface area contributed by atoms with Crippen LogP contribution in [-0.2, 0) is 40.1 Å². The van der Waals surface area contributed by atoms with Crippen molar-refractivity contribution in [2.45, 2.75) is 65.5 Å². The third-order valence-electron chi connectivity index (χ3n) is 8.51. The highest BCUT2D eigenvalue weighted by atomic mass is 16.7. The van der Waals surface area contributed by atoms with E-state index in [1.54, 1.807) is 25.1 Å². The first-order chi connectivity index (χ1) is 26.1. The molecule has 0 radical (unpaired) electrons. The lowest BCUT2D eigenvalue weighted by atomic mass is 9.90. The van der Waals surface area contributed by atoms with Gasteiger partial charge in [0.05, 0.1) is 45.0 Å². The van der Waals surface area contributed by atoms with Crippen molar-refractivity contribution in [3.63, 3.8) is 0 Å². The molecule has 0 fully saturated rings. The summed E-state index contributed by atoms with van der Waals surface area (Å²) in [4.78, 5) is 82.9. The summed E-state index contributed by atoms with van der Waals surface area (Å²) in [5.74, 6) is -3.22. The number of unbranched alkanes of at least 4 members (excludes halogenated alkanes) is 2. The zero-order valence-electron chi connectivity index (χ0n) is 31.5. The largest absolute Gasteiger partial charge is 0.493 e. The smallest absolute Gasteiger partial charge is 0.325 e. The summed E-state index contributed by atoms with van der Waals surface area (Å²) in [6, 6.07) is 16.5. The minimum atomic E-state index is -0.728. The van der Waals surface area contributed by atoms with Crippen LogP contribution in [0.25, 0.3) is 11.3 Å². The molecule has 0 aliphatic carbocycles. The van der Waals surface area contributed by atoms with Crippen molar-refractivity contribution in [2.75, 3.05) is 40.6 Å². The first-order valence-corrected chi connectivity index (χ1v) is 17.9. The first kappa shape index (κ1) is 42.7. The fraction of sp³-hybridized carbons (Fsp3) is 0.436. The average molecular weight is 751 g/mol. The molecule has 3 rings (SSSR count). The van der Waals surface area contributed by atoms with Crippen molar-refractivity contribution in [2.24, 2.45) is 5.92 Å². The van der Waals surface area contributed by atoms with Crippen LogP contribution in [0.1, 0.15) is 79.4 Å². The van der Waals surface area contributed by atoms with Gasteiger partial charge in [0.15, 0.2) is 5.76 Å². The Morgan fingerprint density at radius 2 is 1.57 bits per heavy atom. The van der Waals surface area contributed by atoms with Gasteiger partial charge in [0.2, 0.25) is 12.3 Å². The molecular weight excluding hydrogens is 700 g/mol. The highest BCUT2D eigenvalue weighted by molar-refractivity contribution is 6.00. The topological polar surface area (TPSA) is 183 Å². The first-order valence-electron chi connectivity index (χ1n) is 17.9. The lowest BCUT2D eigenvalue weighted by Gasteiger charge is -2.32. The van der Waals surface area contributed by atoms with E-state index in [9.17, 15) is 28.8 Å². The van der Waals surface area contributed by atoms with Crippen molar-refractivity contribution < 1.29 is 52.2 Å². The molecule has 2 atom stereocenters. The van der Waals surface area contributed by atoms with Gasteiger partial charge in [0.25, 0.3) is 11.8 Å². The number of nitrogens with zero attached hydrogens (tertiary/aromatic N) is 2. The van der Waals surface area contributed by atoms with E-state index in [4.69, 9.17) is 14.0 Å². The van der Waals surface area contributed by atoms with Gasteiger partial charge in [-0.15, -0.1) is 0 Å². The maximum absolute atomic E-state index is 13.5. The lowest BCUT2D eigenvalue weighted by molar-refractivity contribution is -0.200. The molecule has 2 unspecified atom stereocenters. The quantitative estimate of drug-likeness (QED) is 0.0458. The average Bonchev–Trinajstić information content (AvgIpc) is 3.69. The number of nitrogens with one attached hydrogen (secondary N) is 2. The normalized spacial score (nSPS) is 11.8. The van der Waals surface area contributed by atoms with Crippen LogP contribution < -0.4 is 15.4 Å². The predicted octanol–water partition coefficient (Wildman–Crippen LogP) is 4.50.